The second-order valence-electron chi connectivity index (χ2n) is 7.76. The van der Waals surface area contributed by atoms with E-state index in [1.807, 2.05) is 6.92 Å². The van der Waals surface area contributed by atoms with E-state index in [0.717, 1.165) is 6.42 Å². The van der Waals surface area contributed by atoms with Crippen molar-refractivity contribution in [3.63, 3.8) is 0 Å². The van der Waals surface area contributed by atoms with Crippen LogP contribution in [0.25, 0.3) is 0 Å². The van der Waals surface area contributed by atoms with Crippen LogP contribution in [0.4, 0.5) is 0 Å². The summed E-state index contributed by atoms with van der Waals surface area (Å²) in [5, 5.41) is 8.73. The van der Waals surface area contributed by atoms with Gasteiger partial charge in [-0.05, 0) is 31.2 Å². The Morgan fingerprint density at radius 2 is 1.32 bits per heavy atom. The monoisotopic (exact) mass is 346 g/mol. The van der Waals surface area contributed by atoms with Gasteiger partial charge in [-0.1, -0.05) is 101 Å². The summed E-state index contributed by atoms with van der Waals surface area (Å²) < 4.78 is 0. The van der Waals surface area contributed by atoms with Crippen LogP contribution >= 0.6 is 0 Å². The van der Waals surface area contributed by atoms with Crippen molar-refractivity contribution in [1.82, 2.24) is 0 Å². The van der Waals surface area contributed by atoms with Gasteiger partial charge in [0.25, 0.3) is 0 Å². The van der Waals surface area contributed by atoms with Crippen molar-refractivity contribution in [2.45, 2.75) is 97.3 Å². The van der Waals surface area contributed by atoms with E-state index < -0.39 is 5.97 Å². The largest absolute Gasteiger partial charge is 0.481 e. The third-order valence-electron chi connectivity index (χ3n) is 5.06. The minimum Gasteiger partial charge on any atom is -0.481 e. The van der Waals surface area contributed by atoms with Crippen molar-refractivity contribution < 1.29 is 9.90 Å². The molecule has 1 unspecified atom stereocenters. The Labute approximate surface area is 155 Å². The van der Waals surface area contributed by atoms with E-state index in [1.165, 1.54) is 81.8 Å². The number of unbranched alkanes of at least 4 members (excludes halogenated alkanes) is 9. The van der Waals surface area contributed by atoms with Crippen LogP contribution < -0.4 is 0 Å². The lowest BCUT2D eigenvalue weighted by Crippen LogP contribution is -2.03. The van der Waals surface area contributed by atoms with Crippen LogP contribution in [-0.2, 0) is 11.2 Å². The highest BCUT2D eigenvalue weighted by atomic mass is 16.4. The summed E-state index contributed by atoms with van der Waals surface area (Å²) in [5.74, 6) is -0.330. The molecule has 0 bridgehead atoms. The molecule has 0 aliphatic carbocycles. The molecule has 1 N–H and O–H groups in total. The van der Waals surface area contributed by atoms with Gasteiger partial charge in [0.1, 0.15) is 0 Å². The molecule has 0 fully saturated rings. The van der Waals surface area contributed by atoms with E-state index in [0.29, 0.717) is 12.3 Å². The maximum atomic E-state index is 10.6. The SMILES string of the molecule is Cc1ccc(CCCCCCCCCCCCC(C)CC(=O)O)cc1. The Balaban J connectivity index is 1.81. The van der Waals surface area contributed by atoms with Gasteiger partial charge in [-0.3, -0.25) is 4.79 Å². The molecular weight excluding hydrogens is 308 g/mol. The highest BCUT2D eigenvalue weighted by Crippen LogP contribution is 2.16. The molecule has 1 atom stereocenters. The zero-order valence-electron chi connectivity index (χ0n) is 16.4. The first-order valence-corrected chi connectivity index (χ1v) is 10.4. The van der Waals surface area contributed by atoms with Crippen molar-refractivity contribution in [3.05, 3.63) is 35.4 Å². The number of hydrogen-bond acceptors (Lipinski definition) is 1. The number of rotatable bonds is 15. The van der Waals surface area contributed by atoms with Gasteiger partial charge < -0.3 is 5.11 Å². The fraction of sp³-hybridized carbons (Fsp3) is 0.696. The molecule has 1 aromatic rings. The highest BCUT2D eigenvalue weighted by Gasteiger charge is 2.06. The van der Waals surface area contributed by atoms with Crippen LogP contribution in [-0.4, -0.2) is 11.1 Å². The Morgan fingerprint density at radius 3 is 1.84 bits per heavy atom. The summed E-state index contributed by atoms with van der Waals surface area (Å²) in [4.78, 5) is 10.6. The second-order valence-corrected chi connectivity index (χ2v) is 7.76. The molecule has 0 aliphatic heterocycles. The van der Waals surface area contributed by atoms with E-state index in [9.17, 15) is 4.79 Å². The van der Waals surface area contributed by atoms with Crippen molar-refractivity contribution in [3.8, 4) is 0 Å². The summed E-state index contributed by atoms with van der Waals surface area (Å²) in [6.07, 6.45) is 15.9. The minimum atomic E-state index is -0.661. The molecule has 0 spiro atoms. The maximum absolute atomic E-state index is 10.6. The van der Waals surface area contributed by atoms with E-state index >= 15 is 0 Å². The number of carboxylic acids is 1. The van der Waals surface area contributed by atoms with E-state index in [1.54, 1.807) is 0 Å². The third kappa shape index (κ3) is 12.7. The lowest BCUT2D eigenvalue weighted by atomic mass is 9.99. The van der Waals surface area contributed by atoms with Crippen LogP contribution in [0.5, 0.6) is 0 Å². The molecule has 0 amide bonds. The summed E-state index contributed by atoms with van der Waals surface area (Å²) in [5.41, 5.74) is 2.82. The molecule has 0 radical (unpaired) electrons. The normalized spacial score (nSPS) is 12.2. The minimum absolute atomic E-state index is 0.323. The molecule has 0 aromatic heterocycles. The molecule has 0 heterocycles. The maximum Gasteiger partial charge on any atom is 0.303 e. The first-order chi connectivity index (χ1) is 12.1. The summed E-state index contributed by atoms with van der Waals surface area (Å²) in [7, 11) is 0. The summed E-state index contributed by atoms with van der Waals surface area (Å²) >= 11 is 0. The fourth-order valence-electron chi connectivity index (χ4n) is 3.39. The van der Waals surface area contributed by atoms with Crippen LogP contribution in [0.3, 0.4) is 0 Å². The van der Waals surface area contributed by atoms with E-state index in [-0.39, 0.29) is 0 Å². The molecule has 1 aromatic carbocycles. The van der Waals surface area contributed by atoms with Gasteiger partial charge in [-0.2, -0.15) is 0 Å². The molecule has 0 saturated carbocycles. The fourth-order valence-corrected chi connectivity index (χ4v) is 3.39. The van der Waals surface area contributed by atoms with Crippen LogP contribution in [0.2, 0.25) is 0 Å². The predicted octanol–water partition coefficient (Wildman–Crippen LogP) is 6.94. The first-order valence-electron chi connectivity index (χ1n) is 10.4. The van der Waals surface area contributed by atoms with Crippen LogP contribution in [0, 0.1) is 12.8 Å². The van der Waals surface area contributed by atoms with Gasteiger partial charge in [-0.25, -0.2) is 0 Å². The average Bonchev–Trinajstić information content (AvgIpc) is 2.57. The Morgan fingerprint density at radius 1 is 0.840 bits per heavy atom. The van der Waals surface area contributed by atoms with Gasteiger partial charge in [0, 0.05) is 6.42 Å². The zero-order chi connectivity index (χ0) is 18.3. The average molecular weight is 347 g/mol. The Hall–Kier alpha value is -1.31. The highest BCUT2D eigenvalue weighted by molar-refractivity contribution is 5.66. The summed E-state index contributed by atoms with van der Waals surface area (Å²) in [6.45, 7) is 4.19. The van der Waals surface area contributed by atoms with Crippen molar-refractivity contribution >= 4 is 5.97 Å². The van der Waals surface area contributed by atoms with Gasteiger partial charge in [-0.15, -0.1) is 0 Å². The number of aryl methyl sites for hydroxylation is 2. The third-order valence-corrected chi connectivity index (χ3v) is 5.06. The first kappa shape index (κ1) is 21.7. The number of aliphatic carboxylic acids is 1. The number of hydrogen-bond donors (Lipinski definition) is 1. The second kappa shape index (κ2) is 13.9. The van der Waals surface area contributed by atoms with Crippen LogP contribution in [0.1, 0.15) is 95.1 Å². The zero-order valence-corrected chi connectivity index (χ0v) is 16.4. The van der Waals surface area contributed by atoms with Crippen molar-refractivity contribution in [2.24, 2.45) is 5.92 Å². The number of carboxylic acid groups (broad SMARTS) is 1. The standard InChI is InChI=1S/C23H38O2/c1-20-15-17-22(18-16-20)14-12-10-8-6-4-3-5-7-9-11-13-21(2)19-23(24)25/h15-18,21H,3-14,19H2,1-2H3,(H,24,25). The van der Waals surface area contributed by atoms with Gasteiger partial charge in [0.15, 0.2) is 0 Å². The van der Waals surface area contributed by atoms with Crippen LogP contribution in [0.15, 0.2) is 24.3 Å². The molecule has 25 heavy (non-hydrogen) atoms. The van der Waals surface area contributed by atoms with Crippen molar-refractivity contribution in [1.29, 1.82) is 0 Å². The smallest absolute Gasteiger partial charge is 0.303 e. The number of carbonyl (C=O) groups is 1. The Bertz CT molecular complexity index is 450. The van der Waals surface area contributed by atoms with E-state index in [2.05, 4.69) is 31.2 Å². The topological polar surface area (TPSA) is 37.3 Å². The molecular formula is C23H38O2. The van der Waals surface area contributed by atoms with Gasteiger partial charge in [0.2, 0.25) is 0 Å². The molecule has 0 aliphatic rings. The quantitative estimate of drug-likeness (QED) is 0.349. The van der Waals surface area contributed by atoms with Crippen molar-refractivity contribution in [2.75, 3.05) is 0 Å². The molecule has 2 heteroatoms. The molecule has 1 rings (SSSR count). The number of benzene rings is 1. The predicted molar refractivity (Wildman–Crippen MR) is 107 cm³/mol. The molecule has 0 saturated heterocycles. The lowest BCUT2D eigenvalue weighted by molar-refractivity contribution is -0.138. The van der Waals surface area contributed by atoms with Gasteiger partial charge >= 0.3 is 5.97 Å². The lowest BCUT2D eigenvalue weighted by Gasteiger charge is -2.08. The molecule has 142 valence electrons. The molecule has 2 nitrogen and oxygen atoms in total. The Kier molecular flexibility index (Phi) is 12.1. The van der Waals surface area contributed by atoms with Gasteiger partial charge in [0.05, 0.1) is 0 Å². The van der Waals surface area contributed by atoms with E-state index in [4.69, 9.17) is 5.11 Å². The summed E-state index contributed by atoms with van der Waals surface area (Å²) in [6, 6.07) is 8.94.